The van der Waals surface area contributed by atoms with Crippen LogP contribution in [0, 0.1) is 6.92 Å². The molecule has 1 saturated heterocycles. The lowest BCUT2D eigenvalue weighted by atomic mass is 9.95. The number of nitrogens with zero attached hydrogens (tertiary/aromatic N) is 1. The Bertz CT molecular complexity index is 707. The molecule has 1 aromatic rings. The molecule has 3 rings (SSSR count). The van der Waals surface area contributed by atoms with Gasteiger partial charge in [0.25, 0.3) is 5.91 Å². The lowest BCUT2D eigenvalue weighted by molar-refractivity contribution is -0.129. The average Bonchev–Trinajstić information content (AvgIpc) is 2.85. The summed E-state index contributed by atoms with van der Waals surface area (Å²) in [5.41, 5.74) is 2.13. The molecular weight excluding hydrogens is 352 g/mol. The number of aryl methyl sites for hydroxylation is 1. The Balaban J connectivity index is 1.62. The summed E-state index contributed by atoms with van der Waals surface area (Å²) in [5, 5.41) is 3.04. The van der Waals surface area contributed by atoms with Crippen molar-refractivity contribution in [1.82, 2.24) is 10.2 Å². The summed E-state index contributed by atoms with van der Waals surface area (Å²) in [4.78, 5) is 26.8. The number of hydrogen-bond donors (Lipinski definition) is 1. The molecule has 1 aliphatic heterocycles. The van der Waals surface area contributed by atoms with Crippen LogP contribution in [0.3, 0.4) is 0 Å². The maximum Gasteiger partial charge on any atom is 0.266 e. The zero-order valence-corrected chi connectivity index (χ0v) is 15.9. The molecule has 132 valence electrons. The van der Waals surface area contributed by atoms with Crippen molar-refractivity contribution in [2.45, 2.75) is 45.1 Å². The summed E-state index contributed by atoms with van der Waals surface area (Å²) in [6.45, 7) is 2.03. The fraction of sp³-hybridized carbons (Fsp3) is 0.421. The first-order chi connectivity index (χ1) is 12.0. The largest absolute Gasteiger partial charge is 0.352 e. The average molecular weight is 375 g/mol. The van der Waals surface area contributed by atoms with Crippen LogP contribution in [0.1, 0.15) is 43.2 Å². The van der Waals surface area contributed by atoms with E-state index in [9.17, 15) is 9.59 Å². The van der Waals surface area contributed by atoms with Crippen molar-refractivity contribution < 1.29 is 9.59 Å². The van der Waals surface area contributed by atoms with Gasteiger partial charge in [0.2, 0.25) is 5.91 Å². The van der Waals surface area contributed by atoms with E-state index in [1.807, 2.05) is 37.3 Å². The van der Waals surface area contributed by atoms with Crippen LogP contribution >= 0.6 is 24.0 Å². The first kappa shape index (κ1) is 18.1. The Morgan fingerprint density at radius 2 is 1.96 bits per heavy atom. The van der Waals surface area contributed by atoms with Crippen molar-refractivity contribution >= 4 is 46.2 Å². The maximum atomic E-state index is 12.6. The summed E-state index contributed by atoms with van der Waals surface area (Å²) in [6.07, 6.45) is 7.44. The zero-order chi connectivity index (χ0) is 17.8. The quantitative estimate of drug-likeness (QED) is 0.646. The molecule has 0 radical (unpaired) electrons. The van der Waals surface area contributed by atoms with E-state index in [1.54, 1.807) is 0 Å². The van der Waals surface area contributed by atoms with Crippen molar-refractivity contribution in [2.24, 2.45) is 0 Å². The predicted molar refractivity (Wildman–Crippen MR) is 106 cm³/mol. The highest BCUT2D eigenvalue weighted by atomic mass is 32.2. The van der Waals surface area contributed by atoms with Crippen LogP contribution in [0.25, 0.3) is 6.08 Å². The minimum absolute atomic E-state index is 0.00635. The Morgan fingerprint density at radius 3 is 2.64 bits per heavy atom. The SMILES string of the molecule is Cc1ccc(C=C2SC(=S)N(CC(=O)NC3CCCCC3)C2=O)cc1. The van der Waals surface area contributed by atoms with E-state index < -0.39 is 0 Å². The molecule has 0 unspecified atom stereocenters. The minimum Gasteiger partial charge on any atom is -0.352 e. The molecule has 0 atom stereocenters. The van der Waals surface area contributed by atoms with Gasteiger partial charge in [-0.3, -0.25) is 14.5 Å². The third-order valence-electron chi connectivity index (χ3n) is 4.52. The Morgan fingerprint density at radius 1 is 1.28 bits per heavy atom. The number of rotatable bonds is 4. The number of thiocarbonyl (C=S) groups is 1. The van der Waals surface area contributed by atoms with Gasteiger partial charge in [-0.15, -0.1) is 0 Å². The molecule has 2 amide bonds. The van der Waals surface area contributed by atoms with E-state index in [0.717, 1.165) is 31.2 Å². The van der Waals surface area contributed by atoms with E-state index in [4.69, 9.17) is 12.2 Å². The van der Waals surface area contributed by atoms with Gasteiger partial charge in [-0.25, -0.2) is 0 Å². The summed E-state index contributed by atoms with van der Waals surface area (Å²) < 4.78 is 0.446. The lowest BCUT2D eigenvalue weighted by Gasteiger charge is -2.24. The van der Waals surface area contributed by atoms with E-state index in [0.29, 0.717) is 9.23 Å². The molecule has 6 heteroatoms. The minimum atomic E-state index is -0.186. The summed E-state index contributed by atoms with van der Waals surface area (Å²) in [6, 6.07) is 8.19. The van der Waals surface area contributed by atoms with Gasteiger partial charge >= 0.3 is 0 Å². The molecule has 1 aromatic carbocycles. The van der Waals surface area contributed by atoms with Gasteiger partial charge < -0.3 is 5.32 Å². The second-order valence-electron chi connectivity index (χ2n) is 6.58. The molecule has 4 nitrogen and oxygen atoms in total. The smallest absolute Gasteiger partial charge is 0.266 e. The molecule has 2 fully saturated rings. The summed E-state index contributed by atoms with van der Waals surface area (Å²) in [5.74, 6) is -0.311. The van der Waals surface area contributed by atoms with Gasteiger partial charge in [0.05, 0.1) is 4.91 Å². The summed E-state index contributed by atoms with van der Waals surface area (Å²) >= 11 is 6.56. The molecule has 1 aliphatic carbocycles. The molecule has 25 heavy (non-hydrogen) atoms. The van der Waals surface area contributed by atoms with Gasteiger partial charge in [-0.2, -0.15) is 0 Å². The van der Waals surface area contributed by atoms with Crippen molar-refractivity contribution in [2.75, 3.05) is 6.54 Å². The molecule has 1 saturated carbocycles. The number of hydrogen-bond acceptors (Lipinski definition) is 4. The number of carbonyl (C=O) groups excluding carboxylic acids is 2. The Hall–Kier alpha value is -1.66. The van der Waals surface area contributed by atoms with E-state index in [2.05, 4.69) is 5.32 Å². The van der Waals surface area contributed by atoms with E-state index >= 15 is 0 Å². The van der Waals surface area contributed by atoms with Gasteiger partial charge in [0.15, 0.2) is 0 Å². The number of nitrogens with one attached hydrogen (secondary N) is 1. The molecule has 2 aliphatic rings. The normalized spacial score (nSPS) is 20.4. The van der Waals surface area contributed by atoms with Crippen LogP contribution in [0.5, 0.6) is 0 Å². The third-order valence-corrected chi connectivity index (χ3v) is 5.90. The first-order valence-corrected chi connectivity index (χ1v) is 9.87. The van der Waals surface area contributed by atoms with Crippen molar-refractivity contribution in [3.05, 3.63) is 40.3 Å². The van der Waals surface area contributed by atoms with Gasteiger partial charge in [-0.05, 0) is 31.4 Å². The third kappa shape index (κ3) is 4.70. The number of thioether (sulfide) groups is 1. The van der Waals surface area contributed by atoms with Crippen molar-refractivity contribution in [1.29, 1.82) is 0 Å². The van der Waals surface area contributed by atoms with Gasteiger partial charge in [0.1, 0.15) is 10.9 Å². The lowest BCUT2D eigenvalue weighted by Crippen LogP contribution is -2.44. The van der Waals surface area contributed by atoms with Crippen molar-refractivity contribution in [3.63, 3.8) is 0 Å². The number of benzene rings is 1. The zero-order valence-electron chi connectivity index (χ0n) is 14.3. The molecular formula is C19H22N2O2S2. The highest BCUT2D eigenvalue weighted by Crippen LogP contribution is 2.32. The van der Waals surface area contributed by atoms with E-state index in [-0.39, 0.29) is 24.4 Å². The van der Waals surface area contributed by atoms with E-state index in [1.165, 1.54) is 28.6 Å². The topological polar surface area (TPSA) is 49.4 Å². The highest BCUT2D eigenvalue weighted by molar-refractivity contribution is 8.26. The second-order valence-corrected chi connectivity index (χ2v) is 8.26. The second kappa shape index (κ2) is 8.15. The Kier molecular flexibility index (Phi) is 5.91. The van der Waals surface area contributed by atoms with Crippen LogP contribution in [-0.2, 0) is 9.59 Å². The first-order valence-electron chi connectivity index (χ1n) is 8.64. The fourth-order valence-corrected chi connectivity index (χ4v) is 4.37. The van der Waals surface area contributed by atoms with Crippen LogP contribution < -0.4 is 5.32 Å². The predicted octanol–water partition coefficient (Wildman–Crippen LogP) is 3.65. The Labute approximate surface area is 158 Å². The molecule has 1 heterocycles. The number of amides is 2. The van der Waals surface area contributed by atoms with Gasteiger partial charge in [0, 0.05) is 6.04 Å². The molecule has 0 spiro atoms. The molecule has 0 aromatic heterocycles. The van der Waals surface area contributed by atoms with Crippen LogP contribution in [0.2, 0.25) is 0 Å². The number of carbonyl (C=O) groups is 2. The molecule has 1 N–H and O–H groups in total. The maximum absolute atomic E-state index is 12.6. The summed E-state index contributed by atoms with van der Waals surface area (Å²) in [7, 11) is 0. The molecule has 0 bridgehead atoms. The van der Waals surface area contributed by atoms with Gasteiger partial charge in [-0.1, -0.05) is 73.1 Å². The monoisotopic (exact) mass is 374 g/mol. The van der Waals surface area contributed by atoms with Crippen LogP contribution in [0.4, 0.5) is 0 Å². The standard InChI is InChI=1S/C19H22N2O2S2/c1-13-7-9-14(10-8-13)11-16-18(23)21(19(24)25-16)12-17(22)20-15-5-3-2-4-6-15/h7-11,15H,2-6,12H2,1H3,(H,20,22). The highest BCUT2D eigenvalue weighted by Gasteiger charge is 2.33. The van der Waals surface area contributed by atoms with Crippen LogP contribution in [0.15, 0.2) is 29.2 Å². The fourth-order valence-electron chi connectivity index (χ4n) is 3.11. The van der Waals surface area contributed by atoms with Crippen molar-refractivity contribution in [3.8, 4) is 0 Å². The van der Waals surface area contributed by atoms with Crippen LogP contribution in [-0.4, -0.2) is 33.6 Å².